The molecule has 8 nitrogen and oxygen atoms in total. The van der Waals surface area contributed by atoms with Crippen molar-refractivity contribution in [3.63, 3.8) is 0 Å². The standard InChI is InChI=1S/C41H44O8S2/c1-28(2)26-50-41(51-27-29(3)4)36(49-40(45)33-23-15-8-16-24-33)35(48-39(44)32-21-13-7-14-22-32)34(47-38(43)31-19-11-6-12-20-31)25-46-37(42)30-17-9-5-10-18-30/h5-24,28-29,34-36,41H,25-27H2,1-4H3/t34-,35+,36-/m1/s1. The molecule has 3 atom stereocenters. The summed E-state index contributed by atoms with van der Waals surface area (Å²) < 4.78 is 24.0. The van der Waals surface area contributed by atoms with Crippen molar-refractivity contribution in [3.05, 3.63) is 144 Å². The Labute approximate surface area is 308 Å². The fourth-order valence-corrected chi connectivity index (χ4v) is 7.57. The molecule has 0 aliphatic rings. The highest BCUT2D eigenvalue weighted by Gasteiger charge is 2.44. The second kappa shape index (κ2) is 20.3. The van der Waals surface area contributed by atoms with Gasteiger partial charge in [0.25, 0.3) is 0 Å². The van der Waals surface area contributed by atoms with Gasteiger partial charge in [-0.2, -0.15) is 0 Å². The molecule has 0 N–H and O–H groups in total. The summed E-state index contributed by atoms with van der Waals surface area (Å²) in [6.45, 7) is 7.85. The molecule has 0 amide bonds. The van der Waals surface area contributed by atoms with E-state index in [9.17, 15) is 19.2 Å². The summed E-state index contributed by atoms with van der Waals surface area (Å²) in [7, 11) is 0. The van der Waals surface area contributed by atoms with Gasteiger partial charge in [-0.1, -0.05) is 100 Å². The smallest absolute Gasteiger partial charge is 0.338 e. The monoisotopic (exact) mass is 728 g/mol. The lowest BCUT2D eigenvalue weighted by atomic mass is 10.1. The van der Waals surface area contributed by atoms with E-state index in [1.54, 1.807) is 145 Å². The maximum absolute atomic E-state index is 13.9. The van der Waals surface area contributed by atoms with E-state index in [1.165, 1.54) is 0 Å². The maximum Gasteiger partial charge on any atom is 0.338 e. The summed E-state index contributed by atoms with van der Waals surface area (Å²) in [4.78, 5) is 54.6. The normalized spacial score (nSPS) is 12.9. The Morgan fingerprint density at radius 3 is 1.18 bits per heavy atom. The summed E-state index contributed by atoms with van der Waals surface area (Å²) in [5, 5.41) is 0. The molecule has 10 heteroatoms. The van der Waals surface area contributed by atoms with Crippen LogP contribution in [0.15, 0.2) is 121 Å². The van der Waals surface area contributed by atoms with Gasteiger partial charge in [0.1, 0.15) is 6.61 Å². The Hall–Kier alpha value is -4.54. The van der Waals surface area contributed by atoms with Gasteiger partial charge in [-0.3, -0.25) is 0 Å². The molecule has 0 aliphatic carbocycles. The third-order valence-corrected chi connectivity index (χ3v) is 11.0. The summed E-state index contributed by atoms with van der Waals surface area (Å²) in [5.41, 5.74) is 1.06. The number of thioether (sulfide) groups is 2. The van der Waals surface area contributed by atoms with Gasteiger partial charge < -0.3 is 18.9 Å². The molecule has 0 fully saturated rings. The number of carbonyl (C=O) groups is 4. The minimum Gasteiger partial charge on any atom is -0.458 e. The highest BCUT2D eigenvalue weighted by atomic mass is 32.2. The van der Waals surface area contributed by atoms with Gasteiger partial charge >= 0.3 is 23.9 Å². The van der Waals surface area contributed by atoms with Crippen molar-refractivity contribution in [2.45, 2.75) is 50.6 Å². The molecular weight excluding hydrogens is 685 g/mol. The van der Waals surface area contributed by atoms with Gasteiger partial charge in [0.15, 0.2) is 18.3 Å². The molecule has 0 bridgehead atoms. The first-order chi connectivity index (χ1) is 24.6. The molecule has 0 unspecified atom stereocenters. The molecule has 0 aliphatic heterocycles. The molecule has 4 aromatic rings. The highest BCUT2D eigenvalue weighted by molar-refractivity contribution is 8.17. The molecule has 0 saturated carbocycles. The second-order valence-electron chi connectivity index (χ2n) is 12.6. The van der Waals surface area contributed by atoms with Gasteiger partial charge in [0.05, 0.1) is 26.8 Å². The Balaban J connectivity index is 1.83. The van der Waals surface area contributed by atoms with Crippen LogP contribution in [0.1, 0.15) is 69.1 Å². The van der Waals surface area contributed by atoms with Crippen LogP contribution in [0.4, 0.5) is 0 Å². The Morgan fingerprint density at radius 2 is 0.804 bits per heavy atom. The van der Waals surface area contributed by atoms with Crippen molar-refractivity contribution in [2.24, 2.45) is 11.8 Å². The lowest BCUT2D eigenvalue weighted by Gasteiger charge is -2.36. The highest BCUT2D eigenvalue weighted by Crippen LogP contribution is 2.36. The molecule has 0 saturated heterocycles. The lowest BCUT2D eigenvalue weighted by Crippen LogP contribution is -2.51. The van der Waals surface area contributed by atoms with Crippen LogP contribution in [0.5, 0.6) is 0 Å². The van der Waals surface area contributed by atoms with Crippen LogP contribution in [-0.2, 0) is 18.9 Å². The third kappa shape index (κ3) is 12.6. The molecule has 4 aromatic carbocycles. The first kappa shape index (κ1) is 39.2. The van der Waals surface area contributed by atoms with Crippen molar-refractivity contribution in [2.75, 3.05) is 18.1 Å². The van der Waals surface area contributed by atoms with Gasteiger partial charge in [-0.15, -0.1) is 23.5 Å². The van der Waals surface area contributed by atoms with Crippen molar-refractivity contribution in [1.29, 1.82) is 0 Å². The number of carbonyl (C=O) groups excluding carboxylic acids is 4. The van der Waals surface area contributed by atoms with E-state index < -0.39 is 53.4 Å². The molecule has 0 heterocycles. The van der Waals surface area contributed by atoms with E-state index in [2.05, 4.69) is 27.7 Å². The average Bonchev–Trinajstić information content (AvgIpc) is 3.15. The number of rotatable bonds is 18. The summed E-state index contributed by atoms with van der Waals surface area (Å²) >= 11 is 3.14. The first-order valence-electron chi connectivity index (χ1n) is 16.9. The summed E-state index contributed by atoms with van der Waals surface area (Å²) in [5.74, 6) is -0.793. The van der Waals surface area contributed by atoms with Crippen molar-refractivity contribution in [1.82, 2.24) is 0 Å². The van der Waals surface area contributed by atoms with Crippen LogP contribution in [0.2, 0.25) is 0 Å². The largest absolute Gasteiger partial charge is 0.458 e. The van der Waals surface area contributed by atoms with E-state index in [0.717, 1.165) is 0 Å². The number of hydrogen-bond donors (Lipinski definition) is 0. The second-order valence-corrected chi connectivity index (χ2v) is 15.2. The van der Waals surface area contributed by atoms with Crippen LogP contribution in [0.25, 0.3) is 0 Å². The molecule has 4 rings (SSSR count). The van der Waals surface area contributed by atoms with Crippen LogP contribution in [-0.4, -0.2) is 64.9 Å². The van der Waals surface area contributed by atoms with E-state index >= 15 is 0 Å². The quantitative estimate of drug-likeness (QED) is 0.0562. The van der Waals surface area contributed by atoms with Gasteiger partial charge in [0, 0.05) is 0 Å². The summed E-state index contributed by atoms with van der Waals surface area (Å²) in [6, 6.07) is 33.6. The lowest BCUT2D eigenvalue weighted by molar-refractivity contribution is -0.0974. The predicted octanol–water partition coefficient (Wildman–Crippen LogP) is 8.62. The zero-order chi connectivity index (χ0) is 36.6. The number of benzene rings is 4. The Morgan fingerprint density at radius 1 is 0.471 bits per heavy atom. The topological polar surface area (TPSA) is 105 Å². The van der Waals surface area contributed by atoms with E-state index in [0.29, 0.717) is 17.1 Å². The van der Waals surface area contributed by atoms with E-state index in [-0.39, 0.29) is 28.5 Å². The fraction of sp³-hybridized carbons (Fsp3) is 0.317. The molecule has 0 spiro atoms. The van der Waals surface area contributed by atoms with Gasteiger partial charge in [-0.05, 0) is 71.9 Å². The van der Waals surface area contributed by atoms with Crippen molar-refractivity contribution in [3.8, 4) is 0 Å². The molecule has 51 heavy (non-hydrogen) atoms. The predicted molar refractivity (Wildman–Crippen MR) is 202 cm³/mol. The van der Waals surface area contributed by atoms with Gasteiger partial charge in [-0.25, -0.2) is 19.2 Å². The SMILES string of the molecule is CC(C)CSC(SCC(C)C)[C@H](OC(=O)c1ccccc1)[C@@H](OC(=O)c1ccccc1)[C@@H](COC(=O)c1ccccc1)OC(=O)c1ccccc1. The molecule has 268 valence electrons. The summed E-state index contributed by atoms with van der Waals surface area (Å²) in [6.07, 6.45) is -3.93. The zero-order valence-electron chi connectivity index (χ0n) is 29.2. The average molecular weight is 729 g/mol. The first-order valence-corrected chi connectivity index (χ1v) is 19.0. The maximum atomic E-state index is 13.9. The Kier molecular flexibility index (Phi) is 15.7. The number of ether oxygens (including phenoxy) is 4. The zero-order valence-corrected chi connectivity index (χ0v) is 30.8. The molecule has 0 radical (unpaired) electrons. The Bertz CT molecular complexity index is 1660. The number of esters is 4. The van der Waals surface area contributed by atoms with E-state index in [4.69, 9.17) is 18.9 Å². The van der Waals surface area contributed by atoms with Crippen LogP contribution in [0, 0.1) is 11.8 Å². The number of hydrogen-bond acceptors (Lipinski definition) is 10. The van der Waals surface area contributed by atoms with Crippen LogP contribution >= 0.6 is 23.5 Å². The van der Waals surface area contributed by atoms with E-state index in [1.807, 2.05) is 0 Å². The van der Waals surface area contributed by atoms with Crippen molar-refractivity contribution >= 4 is 47.4 Å². The molecular formula is C41H44O8S2. The third-order valence-electron chi connectivity index (χ3n) is 7.31. The van der Waals surface area contributed by atoms with Crippen LogP contribution < -0.4 is 0 Å². The van der Waals surface area contributed by atoms with Crippen molar-refractivity contribution < 1.29 is 38.1 Å². The van der Waals surface area contributed by atoms with Crippen LogP contribution in [0.3, 0.4) is 0 Å². The minimum absolute atomic E-state index is 0.239. The molecule has 0 aromatic heterocycles. The fourth-order valence-electron chi connectivity index (χ4n) is 4.77. The van der Waals surface area contributed by atoms with Gasteiger partial charge in [0.2, 0.25) is 0 Å². The minimum atomic E-state index is -1.40.